The molecule has 21 heavy (non-hydrogen) atoms. The molecule has 2 rings (SSSR count). The van der Waals surface area contributed by atoms with E-state index in [1.165, 1.54) is 0 Å². The lowest BCUT2D eigenvalue weighted by atomic mass is 10.1. The summed E-state index contributed by atoms with van der Waals surface area (Å²) in [6.07, 6.45) is -0.225. The van der Waals surface area contributed by atoms with E-state index in [2.05, 4.69) is 11.0 Å². The topological polar surface area (TPSA) is 58.8 Å². The maximum atomic E-state index is 11.7. The Morgan fingerprint density at radius 2 is 2.00 bits per heavy atom. The van der Waals surface area contributed by atoms with Gasteiger partial charge in [-0.1, -0.05) is 12.2 Å². The third kappa shape index (κ3) is 3.64. The quantitative estimate of drug-likeness (QED) is 0.865. The van der Waals surface area contributed by atoms with Crippen LogP contribution in [-0.2, 0) is 4.74 Å². The van der Waals surface area contributed by atoms with E-state index in [-0.39, 0.29) is 6.09 Å². The largest absolute Gasteiger partial charge is 0.450 e. The molecule has 1 heterocycles. The first kappa shape index (κ1) is 15.6. The summed E-state index contributed by atoms with van der Waals surface area (Å²) in [5, 5.41) is 0. The highest BCUT2D eigenvalue weighted by Gasteiger charge is 2.22. The summed E-state index contributed by atoms with van der Waals surface area (Å²) in [4.78, 5) is 16.1. The number of rotatable bonds is 3. The summed E-state index contributed by atoms with van der Waals surface area (Å²) >= 11 is 5.02. The Morgan fingerprint density at radius 3 is 2.52 bits per heavy atom. The second-order valence-electron chi connectivity index (χ2n) is 5.04. The number of piperazine rings is 1. The van der Waals surface area contributed by atoms with Gasteiger partial charge in [-0.3, -0.25) is 0 Å². The maximum absolute atomic E-state index is 11.7. The van der Waals surface area contributed by atoms with Crippen LogP contribution in [0.2, 0.25) is 0 Å². The zero-order valence-electron chi connectivity index (χ0n) is 12.5. The zero-order chi connectivity index (χ0) is 15.4. The van der Waals surface area contributed by atoms with E-state index in [0.717, 1.165) is 29.9 Å². The van der Waals surface area contributed by atoms with Crippen LogP contribution in [0.5, 0.6) is 0 Å². The molecule has 114 valence electrons. The molecule has 0 saturated carbocycles. The number of ether oxygens (including phenoxy) is 1. The predicted octanol–water partition coefficient (Wildman–Crippen LogP) is 1.91. The normalized spacial score (nSPS) is 15.0. The molecule has 6 heteroatoms. The second-order valence-corrected chi connectivity index (χ2v) is 5.48. The zero-order valence-corrected chi connectivity index (χ0v) is 13.3. The fourth-order valence-electron chi connectivity index (χ4n) is 2.48. The van der Waals surface area contributed by atoms with Crippen molar-refractivity contribution in [1.29, 1.82) is 0 Å². The Morgan fingerprint density at radius 1 is 1.33 bits per heavy atom. The van der Waals surface area contributed by atoms with Crippen LogP contribution in [0.25, 0.3) is 0 Å². The second kappa shape index (κ2) is 6.76. The van der Waals surface area contributed by atoms with Crippen LogP contribution in [0, 0.1) is 6.92 Å². The summed E-state index contributed by atoms with van der Waals surface area (Å²) in [6, 6.07) is 6.08. The molecule has 1 aromatic rings. The van der Waals surface area contributed by atoms with E-state index in [4.69, 9.17) is 22.7 Å². The Balaban J connectivity index is 2.01. The SMILES string of the molecule is CCOC(=O)N1CCN(c2ccc(C(N)=S)c(C)c2)CC1. The first-order valence-corrected chi connectivity index (χ1v) is 7.51. The van der Waals surface area contributed by atoms with E-state index in [0.29, 0.717) is 24.7 Å². The predicted molar refractivity (Wildman–Crippen MR) is 87.9 cm³/mol. The molecule has 1 saturated heterocycles. The van der Waals surface area contributed by atoms with Gasteiger partial charge in [-0.25, -0.2) is 4.79 Å². The number of nitrogens with zero attached hydrogens (tertiary/aromatic N) is 2. The van der Waals surface area contributed by atoms with Gasteiger partial charge in [-0.2, -0.15) is 0 Å². The number of hydrogen-bond acceptors (Lipinski definition) is 4. The van der Waals surface area contributed by atoms with Gasteiger partial charge in [0.15, 0.2) is 0 Å². The lowest BCUT2D eigenvalue weighted by Crippen LogP contribution is -2.49. The van der Waals surface area contributed by atoms with Crippen molar-refractivity contribution in [2.24, 2.45) is 5.73 Å². The molecule has 0 atom stereocenters. The average molecular weight is 307 g/mol. The van der Waals surface area contributed by atoms with E-state index in [1.807, 2.05) is 26.0 Å². The Kier molecular flexibility index (Phi) is 5.01. The molecule has 0 spiro atoms. The molecule has 0 bridgehead atoms. The molecule has 1 aliphatic rings. The van der Waals surface area contributed by atoms with Crippen molar-refractivity contribution < 1.29 is 9.53 Å². The Hall–Kier alpha value is -1.82. The molecule has 1 fully saturated rings. The molecule has 2 N–H and O–H groups in total. The maximum Gasteiger partial charge on any atom is 0.409 e. The van der Waals surface area contributed by atoms with Gasteiger partial charge in [0.05, 0.1) is 6.61 Å². The highest BCUT2D eigenvalue weighted by atomic mass is 32.1. The summed E-state index contributed by atoms with van der Waals surface area (Å²) in [7, 11) is 0. The first-order chi connectivity index (χ1) is 10.0. The van der Waals surface area contributed by atoms with Gasteiger partial charge < -0.3 is 20.3 Å². The number of nitrogens with two attached hydrogens (primary N) is 1. The summed E-state index contributed by atoms with van der Waals surface area (Å²) in [6.45, 7) is 7.19. The molecule has 0 unspecified atom stereocenters. The van der Waals surface area contributed by atoms with Crippen LogP contribution in [0.3, 0.4) is 0 Å². The van der Waals surface area contributed by atoms with Crippen molar-refractivity contribution in [3.63, 3.8) is 0 Å². The molecule has 0 aliphatic carbocycles. The molecule has 1 amide bonds. The molecular formula is C15H21N3O2S. The number of carbonyl (C=O) groups is 1. The van der Waals surface area contributed by atoms with Crippen molar-refractivity contribution >= 4 is 29.0 Å². The number of benzene rings is 1. The smallest absolute Gasteiger partial charge is 0.409 e. The Labute approximate surface area is 130 Å². The lowest BCUT2D eigenvalue weighted by molar-refractivity contribution is 0.105. The Bertz CT molecular complexity index is 540. The standard InChI is InChI=1S/C15H21N3O2S/c1-3-20-15(19)18-8-6-17(7-9-18)12-4-5-13(14(16)21)11(2)10-12/h4-5,10H,3,6-9H2,1-2H3,(H2,16,21). The third-order valence-corrected chi connectivity index (χ3v) is 3.87. The molecule has 5 nitrogen and oxygen atoms in total. The molecule has 0 radical (unpaired) electrons. The van der Waals surface area contributed by atoms with Crippen LogP contribution >= 0.6 is 12.2 Å². The minimum absolute atomic E-state index is 0.225. The van der Waals surface area contributed by atoms with Gasteiger partial charge in [-0.15, -0.1) is 0 Å². The van der Waals surface area contributed by atoms with Gasteiger partial charge in [0.2, 0.25) is 0 Å². The van der Waals surface area contributed by atoms with Gasteiger partial charge >= 0.3 is 6.09 Å². The highest BCUT2D eigenvalue weighted by Crippen LogP contribution is 2.21. The van der Waals surface area contributed by atoms with Gasteiger partial charge in [0.25, 0.3) is 0 Å². The number of aryl methyl sites for hydroxylation is 1. The van der Waals surface area contributed by atoms with Gasteiger partial charge in [0, 0.05) is 37.4 Å². The number of thiocarbonyl (C=S) groups is 1. The third-order valence-electron chi connectivity index (χ3n) is 3.65. The first-order valence-electron chi connectivity index (χ1n) is 7.10. The monoisotopic (exact) mass is 307 g/mol. The van der Waals surface area contributed by atoms with Crippen LogP contribution in [0.4, 0.5) is 10.5 Å². The van der Waals surface area contributed by atoms with Crippen molar-refractivity contribution in [3.8, 4) is 0 Å². The summed E-state index contributed by atoms with van der Waals surface area (Å²) < 4.78 is 5.02. The number of amides is 1. The number of hydrogen-bond donors (Lipinski definition) is 1. The fraction of sp³-hybridized carbons (Fsp3) is 0.467. The van der Waals surface area contributed by atoms with Gasteiger partial charge in [-0.05, 0) is 37.6 Å². The summed E-state index contributed by atoms with van der Waals surface area (Å²) in [5.74, 6) is 0. The highest BCUT2D eigenvalue weighted by molar-refractivity contribution is 7.80. The van der Waals surface area contributed by atoms with E-state index < -0.39 is 0 Å². The van der Waals surface area contributed by atoms with E-state index in [9.17, 15) is 4.79 Å². The van der Waals surface area contributed by atoms with Crippen LogP contribution < -0.4 is 10.6 Å². The van der Waals surface area contributed by atoms with E-state index in [1.54, 1.807) is 4.90 Å². The van der Waals surface area contributed by atoms with Crippen molar-refractivity contribution in [2.45, 2.75) is 13.8 Å². The average Bonchev–Trinajstić information content (AvgIpc) is 2.47. The summed E-state index contributed by atoms with van der Waals surface area (Å²) in [5.41, 5.74) is 8.81. The van der Waals surface area contributed by atoms with Crippen LogP contribution in [-0.4, -0.2) is 48.8 Å². The molecule has 0 aromatic heterocycles. The molecule has 1 aliphatic heterocycles. The molecular weight excluding hydrogens is 286 g/mol. The van der Waals surface area contributed by atoms with Crippen molar-refractivity contribution in [1.82, 2.24) is 4.90 Å². The lowest BCUT2D eigenvalue weighted by Gasteiger charge is -2.35. The van der Waals surface area contributed by atoms with Crippen LogP contribution in [0.15, 0.2) is 18.2 Å². The fourth-order valence-corrected chi connectivity index (χ4v) is 2.71. The van der Waals surface area contributed by atoms with Gasteiger partial charge in [0.1, 0.15) is 4.99 Å². The van der Waals surface area contributed by atoms with Crippen LogP contribution in [0.1, 0.15) is 18.1 Å². The molecule has 1 aromatic carbocycles. The minimum atomic E-state index is -0.225. The van der Waals surface area contributed by atoms with Crippen molar-refractivity contribution in [3.05, 3.63) is 29.3 Å². The number of carbonyl (C=O) groups excluding carboxylic acids is 1. The van der Waals surface area contributed by atoms with E-state index >= 15 is 0 Å². The minimum Gasteiger partial charge on any atom is -0.450 e. The number of anilines is 1. The van der Waals surface area contributed by atoms with Crippen molar-refractivity contribution in [2.75, 3.05) is 37.7 Å².